The Morgan fingerprint density at radius 3 is 0.846 bits per heavy atom. The first-order valence-electron chi connectivity index (χ1n) is 6.30. The van der Waals surface area contributed by atoms with Crippen LogP contribution < -0.4 is 0 Å². The molecule has 0 unspecified atom stereocenters. The molecule has 0 aliphatic rings. The van der Waals surface area contributed by atoms with Crippen molar-refractivity contribution in [2.75, 3.05) is 0 Å². The van der Waals surface area contributed by atoms with Gasteiger partial charge in [0.1, 0.15) is 0 Å². The highest BCUT2D eigenvalue weighted by molar-refractivity contribution is 7.05. The highest BCUT2D eigenvalue weighted by Crippen LogP contribution is 2.32. The maximum absolute atomic E-state index is 11.5. The summed E-state index contributed by atoms with van der Waals surface area (Å²) in [6.07, 6.45) is 0.0173. The summed E-state index contributed by atoms with van der Waals surface area (Å²) < 4.78 is 0. The SMILES string of the molecule is C[Si](/C(=C\C(=O)O)C(=O)O)(/C(=C\C(=O)O)C(=O)O)/C(=C\C(=O)O)C(=O)O. The van der Waals surface area contributed by atoms with Crippen molar-refractivity contribution in [1.82, 2.24) is 0 Å². The number of aliphatic carboxylic acids is 6. The minimum atomic E-state index is -4.87. The molecule has 0 radical (unpaired) electrons. The monoisotopic (exact) mass is 388 g/mol. The van der Waals surface area contributed by atoms with Crippen LogP contribution in [0.5, 0.6) is 0 Å². The second-order valence-electron chi connectivity index (χ2n) is 4.73. The summed E-state index contributed by atoms with van der Waals surface area (Å²) in [5.41, 5.74) is 0. The molecule has 0 spiro atoms. The van der Waals surface area contributed by atoms with Crippen LogP contribution in [-0.2, 0) is 28.8 Å². The van der Waals surface area contributed by atoms with Crippen molar-refractivity contribution in [2.45, 2.75) is 6.55 Å². The normalized spacial score (nSPS) is 13.0. The van der Waals surface area contributed by atoms with Gasteiger partial charge >= 0.3 is 35.8 Å². The number of rotatable bonds is 9. The van der Waals surface area contributed by atoms with E-state index in [1.54, 1.807) is 0 Å². The lowest BCUT2D eigenvalue weighted by atomic mass is 10.4. The van der Waals surface area contributed by atoms with Crippen LogP contribution in [0, 0.1) is 0 Å². The van der Waals surface area contributed by atoms with Gasteiger partial charge in [-0.1, -0.05) is 6.55 Å². The minimum absolute atomic E-state index is 0.00577. The average Bonchev–Trinajstić information content (AvgIpc) is 2.45. The number of carboxylic acids is 6. The summed E-state index contributed by atoms with van der Waals surface area (Å²) in [5.74, 6) is -11.8. The summed E-state index contributed by atoms with van der Waals surface area (Å²) in [4.78, 5) is 67.1. The fourth-order valence-corrected chi connectivity index (χ4v) is 5.46. The zero-order chi connectivity index (χ0) is 20.8. The van der Waals surface area contributed by atoms with Gasteiger partial charge in [-0.2, -0.15) is 0 Å². The second-order valence-corrected chi connectivity index (χ2v) is 8.60. The molecule has 12 nitrogen and oxygen atoms in total. The highest BCUT2D eigenvalue weighted by atomic mass is 28.3. The molecule has 0 amide bonds. The lowest BCUT2D eigenvalue weighted by Crippen LogP contribution is -2.48. The van der Waals surface area contributed by atoms with E-state index in [9.17, 15) is 44.1 Å². The molecule has 0 aromatic heterocycles. The van der Waals surface area contributed by atoms with Crippen molar-refractivity contribution in [3.05, 3.63) is 33.8 Å². The van der Waals surface area contributed by atoms with Crippen LogP contribution in [0.4, 0.5) is 0 Å². The Morgan fingerprint density at radius 1 is 0.538 bits per heavy atom. The molecule has 0 bridgehead atoms. The van der Waals surface area contributed by atoms with Gasteiger partial charge in [-0.25, -0.2) is 28.8 Å². The quantitative estimate of drug-likeness (QED) is 0.206. The summed E-state index contributed by atoms with van der Waals surface area (Å²) in [5, 5.41) is 50.5. The van der Waals surface area contributed by atoms with E-state index in [-0.39, 0.29) is 18.2 Å². The van der Waals surface area contributed by atoms with Crippen LogP contribution in [-0.4, -0.2) is 74.5 Å². The predicted molar refractivity (Wildman–Crippen MR) is 81.7 cm³/mol. The van der Waals surface area contributed by atoms with E-state index in [1.807, 2.05) is 0 Å². The minimum Gasteiger partial charge on any atom is -0.478 e. The summed E-state index contributed by atoms with van der Waals surface area (Å²) >= 11 is 0. The Bertz CT molecular complexity index is 682. The van der Waals surface area contributed by atoms with Crippen LogP contribution in [0.25, 0.3) is 0 Å². The van der Waals surface area contributed by atoms with Crippen molar-refractivity contribution in [1.29, 1.82) is 0 Å². The van der Waals surface area contributed by atoms with E-state index in [4.69, 9.17) is 15.3 Å². The van der Waals surface area contributed by atoms with E-state index in [0.29, 0.717) is 6.55 Å². The Balaban J connectivity index is 7.41. The lowest BCUT2D eigenvalue weighted by Gasteiger charge is -2.28. The molecule has 0 aliphatic carbocycles. The van der Waals surface area contributed by atoms with Gasteiger partial charge in [-0.3, -0.25) is 0 Å². The smallest absolute Gasteiger partial charge is 0.328 e. The predicted octanol–water partition coefficient (Wildman–Crippen LogP) is -1.03. The molecule has 0 aromatic rings. The van der Waals surface area contributed by atoms with E-state index < -0.39 is 59.5 Å². The summed E-state index contributed by atoms with van der Waals surface area (Å²) in [6, 6.07) is 0. The van der Waals surface area contributed by atoms with Crippen molar-refractivity contribution < 1.29 is 59.4 Å². The molecular weight excluding hydrogens is 376 g/mol. The standard InChI is InChI=1S/C13H12O12Si/c1-26(5(11(20)21)2-8(14)15,6(12(22)23)3-9(16)17)7(13(24)25)4-10(18)19/h2-4H,1H3,(H,14,15)(H,16,17)(H,18,19)(H,20,21)(H,22,23)(H,24,25)/b5-2-,6-3-,7-4-. The van der Waals surface area contributed by atoms with Gasteiger partial charge in [0, 0.05) is 33.8 Å². The Hall–Kier alpha value is -3.74. The first kappa shape index (κ1) is 22.3. The van der Waals surface area contributed by atoms with Crippen molar-refractivity contribution in [3.8, 4) is 0 Å². The molecule has 0 fully saturated rings. The van der Waals surface area contributed by atoms with Gasteiger partial charge in [0.2, 0.25) is 0 Å². The lowest BCUT2D eigenvalue weighted by molar-refractivity contribution is -0.135. The zero-order valence-corrected chi connectivity index (χ0v) is 13.9. The number of hydrogen-bond donors (Lipinski definition) is 6. The van der Waals surface area contributed by atoms with Crippen molar-refractivity contribution >= 4 is 43.9 Å². The largest absolute Gasteiger partial charge is 0.478 e. The van der Waals surface area contributed by atoms with Crippen LogP contribution in [0.3, 0.4) is 0 Å². The third-order valence-corrected chi connectivity index (χ3v) is 7.42. The average molecular weight is 388 g/mol. The number of carbonyl (C=O) groups is 6. The molecule has 26 heavy (non-hydrogen) atoms. The zero-order valence-electron chi connectivity index (χ0n) is 12.9. The van der Waals surface area contributed by atoms with E-state index in [1.165, 1.54) is 0 Å². The molecule has 0 saturated carbocycles. The molecule has 0 aliphatic heterocycles. The van der Waals surface area contributed by atoms with Gasteiger partial charge < -0.3 is 30.6 Å². The third kappa shape index (κ3) is 5.13. The Kier molecular flexibility index (Phi) is 7.18. The molecule has 0 saturated heterocycles. The van der Waals surface area contributed by atoms with E-state index >= 15 is 0 Å². The molecule has 0 heterocycles. The summed E-state index contributed by atoms with van der Waals surface area (Å²) in [7, 11) is -4.87. The molecule has 0 atom stereocenters. The van der Waals surface area contributed by atoms with Gasteiger partial charge in [0.05, 0.1) is 0 Å². The molecule has 0 rings (SSSR count). The van der Waals surface area contributed by atoms with Crippen LogP contribution >= 0.6 is 0 Å². The van der Waals surface area contributed by atoms with Crippen LogP contribution in [0.2, 0.25) is 6.55 Å². The fraction of sp³-hybridized carbons (Fsp3) is 0.0769. The van der Waals surface area contributed by atoms with Crippen molar-refractivity contribution in [2.24, 2.45) is 0 Å². The number of carboxylic acid groups (broad SMARTS) is 6. The van der Waals surface area contributed by atoms with Crippen molar-refractivity contribution in [3.63, 3.8) is 0 Å². The molecular formula is C13H12O12Si. The van der Waals surface area contributed by atoms with E-state index in [0.717, 1.165) is 0 Å². The summed E-state index contributed by atoms with van der Waals surface area (Å²) in [6.45, 7) is 0.710. The molecule has 13 heteroatoms. The fourth-order valence-electron chi connectivity index (χ4n) is 2.07. The first-order valence-corrected chi connectivity index (χ1v) is 8.80. The molecule has 6 N–H and O–H groups in total. The Labute approximate surface area is 144 Å². The van der Waals surface area contributed by atoms with Crippen LogP contribution in [0.15, 0.2) is 33.8 Å². The van der Waals surface area contributed by atoms with Crippen LogP contribution in [0.1, 0.15) is 0 Å². The topological polar surface area (TPSA) is 224 Å². The highest BCUT2D eigenvalue weighted by Gasteiger charge is 2.50. The Morgan fingerprint density at radius 2 is 0.731 bits per heavy atom. The van der Waals surface area contributed by atoms with Gasteiger partial charge in [-0.05, 0) is 0 Å². The van der Waals surface area contributed by atoms with Gasteiger partial charge in [0.15, 0.2) is 8.07 Å². The third-order valence-electron chi connectivity index (χ3n) is 3.11. The van der Waals surface area contributed by atoms with E-state index in [2.05, 4.69) is 0 Å². The number of hydrogen-bond acceptors (Lipinski definition) is 6. The molecule has 140 valence electrons. The molecule has 0 aromatic carbocycles. The maximum atomic E-state index is 11.5. The van der Waals surface area contributed by atoms with Gasteiger partial charge in [0.25, 0.3) is 0 Å². The first-order chi connectivity index (χ1) is 11.7. The second kappa shape index (κ2) is 8.38. The maximum Gasteiger partial charge on any atom is 0.328 e. The van der Waals surface area contributed by atoms with Gasteiger partial charge in [-0.15, -0.1) is 0 Å².